The lowest BCUT2D eigenvalue weighted by atomic mass is 10.1. The Balaban J connectivity index is 4.20. The van der Waals surface area contributed by atoms with Gasteiger partial charge in [-0.25, -0.2) is 8.78 Å². The smallest absolute Gasteiger partial charge is 0.287 e. The second kappa shape index (κ2) is 6.81. The lowest BCUT2D eigenvalue weighted by molar-refractivity contribution is -0.287. The molecule has 0 unspecified atom stereocenters. The Hall–Kier alpha value is -0.470. The Morgan fingerprint density at radius 2 is 1.47 bits per heavy atom. The lowest BCUT2D eigenvalue weighted by Gasteiger charge is -2.22. The molecular formula is C10H13F7OS. The van der Waals surface area contributed by atoms with Gasteiger partial charge in [0, 0.05) is 31.4 Å². The molecule has 0 aliphatic carbocycles. The molecule has 0 aliphatic rings. The minimum atomic E-state index is -5.82. The summed E-state index contributed by atoms with van der Waals surface area (Å²) in [7, 11) is 0. The van der Waals surface area contributed by atoms with Gasteiger partial charge in [-0.2, -0.15) is 22.0 Å². The Morgan fingerprint density at radius 1 is 0.947 bits per heavy atom. The predicted octanol–water partition coefficient (Wildman–Crippen LogP) is 4.66. The van der Waals surface area contributed by atoms with E-state index in [9.17, 15) is 35.5 Å². The van der Waals surface area contributed by atoms with Crippen LogP contribution in [-0.2, 0) is 4.79 Å². The fourth-order valence-electron chi connectivity index (χ4n) is 1.02. The number of rotatable bonds is 7. The standard InChI is InChI=1S/C10H13F7OS/c1-2-7(18)19-6-5-8(11,12)3-4-9(13,14)10(15,16)17/h2-6H2,1H3. The van der Waals surface area contributed by atoms with Gasteiger partial charge in [-0.3, -0.25) is 4.79 Å². The first-order valence-electron chi connectivity index (χ1n) is 5.39. The Bertz CT molecular complexity index is 301. The summed E-state index contributed by atoms with van der Waals surface area (Å²) in [5.41, 5.74) is 0. The van der Waals surface area contributed by atoms with E-state index in [1.165, 1.54) is 6.92 Å². The Labute approximate surface area is 109 Å². The molecule has 0 N–H and O–H groups in total. The highest BCUT2D eigenvalue weighted by Gasteiger charge is 2.57. The van der Waals surface area contributed by atoms with Crippen molar-refractivity contribution in [1.29, 1.82) is 0 Å². The van der Waals surface area contributed by atoms with Gasteiger partial charge in [-0.15, -0.1) is 0 Å². The molecule has 9 heteroatoms. The van der Waals surface area contributed by atoms with Crippen molar-refractivity contribution in [3.05, 3.63) is 0 Å². The van der Waals surface area contributed by atoms with E-state index in [1.54, 1.807) is 0 Å². The molecule has 0 spiro atoms. The van der Waals surface area contributed by atoms with Crippen LogP contribution in [-0.4, -0.2) is 28.9 Å². The first-order chi connectivity index (χ1) is 8.41. The summed E-state index contributed by atoms with van der Waals surface area (Å²) in [6, 6.07) is 0. The number of alkyl halides is 7. The van der Waals surface area contributed by atoms with Crippen LogP contribution in [0.15, 0.2) is 0 Å². The van der Waals surface area contributed by atoms with Crippen molar-refractivity contribution in [3.8, 4) is 0 Å². The van der Waals surface area contributed by atoms with Crippen LogP contribution in [0.1, 0.15) is 32.6 Å². The van der Waals surface area contributed by atoms with Crippen molar-refractivity contribution in [2.24, 2.45) is 0 Å². The molecule has 0 aromatic carbocycles. The van der Waals surface area contributed by atoms with Crippen LogP contribution in [0.3, 0.4) is 0 Å². The van der Waals surface area contributed by atoms with Gasteiger partial charge in [0.2, 0.25) is 5.92 Å². The van der Waals surface area contributed by atoms with E-state index in [2.05, 4.69) is 0 Å². The Morgan fingerprint density at radius 3 is 1.89 bits per heavy atom. The van der Waals surface area contributed by atoms with Gasteiger partial charge in [0.05, 0.1) is 0 Å². The average Bonchev–Trinajstić information content (AvgIpc) is 2.24. The lowest BCUT2D eigenvalue weighted by Crippen LogP contribution is -2.37. The first-order valence-corrected chi connectivity index (χ1v) is 6.38. The predicted molar refractivity (Wildman–Crippen MR) is 57.6 cm³/mol. The summed E-state index contributed by atoms with van der Waals surface area (Å²) >= 11 is 0.614. The molecule has 1 nitrogen and oxygen atoms in total. The number of carbonyl (C=O) groups excluding carboxylic acids is 1. The van der Waals surface area contributed by atoms with Crippen molar-refractivity contribution in [2.75, 3.05) is 5.75 Å². The Kier molecular flexibility index (Phi) is 6.64. The summed E-state index contributed by atoms with van der Waals surface area (Å²) < 4.78 is 86.3. The van der Waals surface area contributed by atoms with Crippen molar-refractivity contribution in [1.82, 2.24) is 0 Å². The van der Waals surface area contributed by atoms with Crippen LogP contribution in [0.4, 0.5) is 30.7 Å². The summed E-state index contributed by atoms with van der Waals surface area (Å²) in [5.74, 6) is -9.07. The maximum absolute atomic E-state index is 13.1. The molecule has 0 aliphatic heterocycles. The third kappa shape index (κ3) is 7.03. The van der Waals surface area contributed by atoms with E-state index in [0.717, 1.165) is 0 Å². The van der Waals surface area contributed by atoms with E-state index in [0.29, 0.717) is 11.8 Å². The number of thioether (sulfide) groups is 1. The highest BCUT2D eigenvalue weighted by Crippen LogP contribution is 2.41. The van der Waals surface area contributed by atoms with Crippen LogP contribution in [0.5, 0.6) is 0 Å². The maximum atomic E-state index is 13.1. The largest absolute Gasteiger partial charge is 0.453 e. The molecule has 114 valence electrons. The van der Waals surface area contributed by atoms with Crippen molar-refractivity contribution in [3.63, 3.8) is 0 Å². The molecule has 0 aromatic rings. The second-order valence-corrected chi connectivity index (χ2v) is 5.03. The highest BCUT2D eigenvalue weighted by molar-refractivity contribution is 8.13. The van der Waals surface area contributed by atoms with Gasteiger partial charge < -0.3 is 0 Å². The van der Waals surface area contributed by atoms with E-state index >= 15 is 0 Å². The van der Waals surface area contributed by atoms with Gasteiger partial charge in [-0.1, -0.05) is 18.7 Å². The third-order valence-electron chi connectivity index (χ3n) is 2.24. The average molecular weight is 314 g/mol. The van der Waals surface area contributed by atoms with E-state index in [1.807, 2.05) is 0 Å². The molecule has 0 amide bonds. The van der Waals surface area contributed by atoms with Gasteiger partial charge in [0.15, 0.2) is 5.12 Å². The molecule has 0 radical (unpaired) electrons. The molecule has 0 saturated heterocycles. The normalized spacial score (nSPS) is 13.7. The topological polar surface area (TPSA) is 17.1 Å². The number of hydrogen-bond donors (Lipinski definition) is 0. The van der Waals surface area contributed by atoms with Crippen LogP contribution in [0.25, 0.3) is 0 Å². The number of halogens is 7. The first kappa shape index (κ1) is 18.5. The molecule has 0 aromatic heterocycles. The van der Waals surface area contributed by atoms with Gasteiger partial charge >= 0.3 is 12.1 Å². The molecule has 0 rings (SSSR count). The van der Waals surface area contributed by atoms with Gasteiger partial charge in [0.25, 0.3) is 0 Å². The number of hydrogen-bond acceptors (Lipinski definition) is 2. The SMILES string of the molecule is CCC(=O)SCCC(F)(F)CCC(F)(F)C(F)(F)F. The molecule has 0 saturated carbocycles. The third-order valence-corrected chi connectivity index (χ3v) is 3.26. The van der Waals surface area contributed by atoms with Gasteiger partial charge in [-0.05, 0) is 0 Å². The zero-order chi connectivity index (χ0) is 15.3. The minimum absolute atomic E-state index is 0.141. The molecule has 0 fully saturated rings. The van der Waals surface area contributed by atoms with Crippen molar-refractivity contribution < 1.29 is 35.5 Å². The van der Waals surface area contributed by atoms with E-state index in [4.69, 9.17) is 0 Å². The fraction of sp³-hybridized carbons (Fsp3) is 0.900. The summed E-state index contributed by atoms with van der Waals surface area (Å²) in [6.07, 6.45) is -10.1. The van der Waals surface area contributed by atoms with Crippen LogP contribution < -0.4 is 0 Å². The molecule has 19 heavy (non-hydrogen) atoms. The summed E-state index contributed by atoms with van der Waals surface area (Å²) in [5, 5.41) is -0.337. The minimum Gasteiger partial charge on any atom is -0.287 e. The second-order valence-electron chi connectivity index (χ2n) is 3.88. The summed E-state index contributed by atoms with van der Waals surface area (Å²) in [4.78, 5) is 10.8. The number of carbonyl (C=O) groups is 1. The maximum Gasteiger partial charge on any atom is 0.453 e. The molecular weight excluding hydrogens is 301 g/mol. The van der Waals surface area contributed by atoms with Crippen molar-refractivity contribution >= 4 is 16.9 Å². The zero-order valence-electron chi connectivity index (χ0n) is 10.00. The van der Waals surface area contributed by atoms with E-state index in [-0.39, 0.29) is 17.3 Å². The zero-order valence-corrected chi connectivity index (χ0v) is 10.8. The van der Waals surface area contributed by atoms with Crippen LogP contribution in [0, 0.1) is 0 Å². The fourth-order valence-corrected chi connectivity index (χ4v) is 1.86. The van der Waals surface area contributed by atoms with E-state index < -0.39 is 37.3 Å². The van der Waals surface area contributed by atoms with Gasteiger partial charge in [0.1, 0.15) is 0 Å². The molecule has 0 bridgehead atoms. The monoisotopic (exact) mass is 314 g/mol. The quantitative estimate of drug-likeness (QED) is 0.636. The molecule has 0 atom stereocenters. The van der Waals surface area contributed by atoms with Crippen LogP contribution >= 0.6 is 11.8 Å². The van der Waals surface area contributed by atoms with Crippen molar-refractivity contribution in [2.45, 2.75) is 50.6 Å². The van der Waals surface area contributed by atoms with Crippen LogP contribution in [0.2, 0.25) is 0 Å². The summed E-state index contributed by atoms with van der Waals surface area (Å²) in [6.45, 7) is 1.53. The molecule has 0 heterocycles. The highest BCUT2D eigenvalue weighted by atomic mass is 32.2.